The SMILES string of the molecule is O=C(Cc1cccs1)NC1CCN2C(=O)c3cc(-c4ccc5c(c4)OCO5)ccc3NC(=O)C12. The van der Waals surface area contributed by atoms with E-state index in [4.69, 9.17) is 9.47 Å². The van der Waals surface area contributed by atoms with Gasteiger partial charge in [-0.25, -0.2) is 0 Å². The van der Waals surface area contributed by atoms with Crippen molar-refractivity contribution in [2.24, 2.45) is 0 Å². The van der Waals surface area contributed by atoms with Crippen LogP contribution in [-0.2, 0) is 16.0 Å². The third-order valence-electron chi connectivity index (χ3n) is 6.40. The van der Waals surface area contributed by atoms with Gasteiger partial charge in [0.05, 0.1) is 23.7 Å². The van der Waals surface area contributed by atoms with E-state index in [1.165, 1.54) is 11.3 Å². The number of ether oxygens (including phenoxy) is 2. The Morgan fingerprint density at radius 1 is 1.09 bits per heavy atom. The molecular formula is C25H21N3O5S. The summed E-state index contributed by atoms with van der Waals surface area (Å²) in [5, 5.41) is 7.79. The maximum Gasteiger partial charge on any atom is 0.256 e. The zero-order chi connectivity index (χ0) is 23.2. The molecule has 0 saturated carbocycles. The number of carbonyl (C=O) groups excluding carboxylic acids is 3. The highest BCUT2D eigenvalue weighted by molar-refractivity contribution is 7.10. The van der Waals surface area contributed by atoms with Gasteiger partial charge in [0.2, 0.25) is 18.6 Å². The van der Waals surface area contributed by atoms with E-state index in [-0.39, 0.29) is 30.9 Å². The summed E-state index contributed by atoms with van der Waals surface area (Å²) in [5.41, 5.74) is 2.61. The predicted molar refractivity (Wildman–Crippen MR) is 126 cm³/mol. The summed E-state index contributed by atoms with van der Waals surface area (Å²) in [5.74, 6) is 0.681. The van der Waals surface area contributed by atoms with E-state index in [1.54, 1.807) is 17.0 Å². The van der Waals surface area contributed by atoms with Crippen molar-refractivity contribution in [1.29, 1.82) is 0 Å². The number of hydrogen-bond acceptors (Lipinski definition) is 6. The monoisotopic (exact) mass is 475 g/mol. The first-order valence-electron chi connectivity index (χ1n) is 11.0. The molecule has 2 aromatic carbocycles. The molecular weight excluding hydrogens is 454 g/mol. The van der Waals surface area contributed by atoms with Crippen molar-refractivity contribution in [3.63, 3.8) is 0 Å². The van der Waals surface area contributed by atoms with Crippen molar-refractivity contribution in [2.75, 3.05) is 18.7 Å². The average molecular weight is 476 g/mol. The summed E-state index contributed by atoms with van der Waals surface area (Å²) in [6.07, 6.45) is 0.784. The topological polar surface area (TPSA) is 97.0 Å². The van der Waals surface area contributed by atoms with Crippen LogP contribution in [-0.4, -0.2) is 48.0 Å². The third kappa shape index (κ3) is 3.58. The number of amides is 3. The largest absolute Gasteiger partial charge is 0.454 e. The fourth-order valence-electron chi connectivity index (χ4n) is 4.77. The second-order valence-corrected chi connectivity index (χ2v) is 9.51. The molecule has 0 bridgehead atoms. The van der Waals surface area contributed by atoms with Crippen molar-refractivity contribution in [3.05, 3.63) is 64.4 Å². The number of anilines is 1. The molecule has 2 atom stereocenters. The van der Waals surface area contributed by atoms with E-state index in [9.17, 15) is 14.4 Å². The van der Waals surface area contributed by atoms with Gasteiger partial charge < -0.3 is 25.0 Å². The first-order valence-corrected chi connectivity index (χ1v) is 11.9. The van der Waals surface area contributed by atoms with Crippen LogP contribution >= 0.6 is 11.3 Å². The number of thiophene rings is 1. The van der Waals surface area contributed by atoms with Gasteiger partial charge in [-0.05, 0) is 53.3 Å². The first-order chi connectivity index (χ1) is 16.6. The van der Waals surface area contributed by atoms with Crippen LogP contribution in [0.3, 0.4) is 0 Å². The highest BCUT2D eigenvalue weighted by Gasteiger charge is 2.45. The van der Waals surface area contributed by atoms with Gasteiger partial charge >= 0.3 is 0 Å². The molecule has 9 heteroatoms. The number of fused-ring (bicyclic) bond motifs is 3. The van der Waals surface area contributed by atoms with Gasteiger partial charge in [0.15, 0.2) is 11.5 Å². The number of nitrogens with zero attached hydrogens (tertiary/aromatic N) is 1. The fourth-order valence-corrected chi connectivity index (χ4v) is 5.48. The Morgan fingerprint density at radius 3 is 2.76 bits per heavy atom. The lowest BCUT2D eigenvalue weighted by Gasteiger charge is -2.25. The molecule has 1 fully saturated rings. The highest BCUT2D eigenvalue weighted by atomic mass is 32.1. The molecule has 0 radical (unpaired) electrons. The average Bonchev–Trinajstić information content (AvgIpc) is 3.58. The second kappa shape index (κ2) is 8.18. The van der Waals surface area contributed by atoms with Gasteiger partial charge in [-0.1, -0.05) is 18.2 Å². The molecule has 3 aliphatic heterocycles. The van der Waals surface area contributed by atoms with E-state index < -0.39 is 12.1 Å². The summed E-state index contributed by atoms with van der Waals surface area (Å²) >= 11 is 1.51. The molecule has 1 aromatic heterocycles. The van der Waals surface area contributed by atoms with Gasteiger partial charge in [0.25, 0.3) is 5.91 Å². The van der Waals surface area contributed by atoms with Gasteiger partial charge in [0.1, 0.15) is 6.04 Å². The summed E-state index contributed by atoms with van der Waals surface area (Å²) < 4.78 is 10.9. The van der Waals surface area contributed by atoms with E-state index in [2.05, 4.69) is 10.6 Å². The minimum absolute atomic E-state index is 0.151. The van der Waals surface area contributed by atoms with E-state index in [1.807, 2.05) is 41.8 Å². The maximum atomic E-state index is 13.5. The highest BCUT2D eigenvalue weighted by Crippen LogP contribution is 2.37. The van der Waals surface area contributed by atoms with Gasteiger partial charge in [-0.3, -0.25) is 14.4 Å². The molecule has 3 aliphatic rings. The number of benzene rings is 2. The van der Waals surface area contributed by atoms with E-state index >= 15 is 0 Å². The van der Waals surface area contributed by atoms with E-state index in [0.717, 1.165) is 16.0 Å². The smallest absolute Gasteiger partial charge is 0.256 e. The summed E-state index contributed by atoms with van der Waals surface area (Å²) in [6.45, 7) is 0.587. The molecule has 8 nitrogen and oxygen atoms in total. The standard InChI is InChI=1S/C25H21N3O5S/c29-22(12-16-2-1-9-34-16)26-19-7-8-28-23(19)24(30)27-18-5-3-14(10-17(18)25(28)31)15-4-6-20-21(11-15)33-13-32-20/h1-6,9-11,19,23H,7-8,12-13H2,(H,26,29)(H,27,30). The lowest BCUT2D eigenvalue weighted by atomic mass is 10.0. The summed E-state index contributed by atoms with van der Waals surface area (Å²) in [6, 6.07) is 13.7. The molecule has 6 rings (SSSR count). The van der Waals surface area contributed by atoms with Crippen LogP contribution in [0, 0.1) is 0 Å². The fraction of sp³-hybridized carbons (Fsp3) is 0.240. The van der Waals surface area contributed by atoms with E-state index in [0.29, 0.717) is 35.7 Å². The van der Waals surface area contributed by atoms with Crippen molar-refractivity contribution in [2.45, 2.75) is 24.9 Å². The zero-order valence-corrected chi connectivity index (χ0v) is 18.9. The van der Waals surface area contributed by atoms with Crippen molar-refractivity contribution >= 4 is 34.7 Å². The van der Waals surface area contributed by atoms with Crippen LogP contribution in [0.15, 0.2) is 53.9 Å². The second-order valence-electron chi connectivity index (χ2n) is 8.48. The minimum Gasteiger partial charge on any atom is -0.454 e. The first kappa shape index (κ1) is 20.7. The Labute approximate surface area is 199 Å². The Balaban J connectivity index is 1.25. The molecule has 2 unspecified atom stereocenters. The minimum atomic E-state index is -0.749. The number of hydrogen-bond donors (Lipinski definition) is 2. The van der Waals surface area contributed by atoms with Crippen LogP contribution in [0.1, 0.15) is 21.7 Å². The van der Waals surface area contributed by atoms with Crippen LogP contribution < -0.4 is 20.1 Å². The molecule has 172 valence electrons. The van der Waals surface area contributed by atoms with Gasteiger partial charge in [0, 0.05) is 11.4 Å². The Bertz CT molecular complexity index is 1310. The normalized spacial score (nSPS) is 20.4. The number of nitrogens with one attached hydrogen (secondary N) is 2. The predicted octanol–water partition coefficient (Wildman–Crippen LogP) is 3.04. The molecule has 0 spiro atoms. The molecule has 3 amide bonds. The molecule has 4 heterocycles. The quantitative estimate of drug-likeness (QED) is 0.605. The molecule has 2 N–H and O–H groups in total. The molecule has 3 aromatic rings. The van der Waals surface area contributed by atoms with Crippen molar-refractivity contribution < 1.29 is 23.9 Å². The Hall–Kier alpha value is -3.85. The maximum absolute atomic E-state index is 13.5. The summed E-state index contributed by atoms with van der Waals surface area (Å²) in [4.78, 5) is 41.7. The Kier molecular flexibility index (Phi) is 4.99. The number of rotatable bonds is 4. The lowest BCUT2D eigenvalue weighted by Crippen LogP contribution is -2.51. The summed E-state index contributed by atoms with van der Waals surface area (Å²) in [7, 11) is 0. The molecule has 1 saturated heterocycles. The lowest BCUT2D eigenvalue weighted by molar-refractivity contribution is -0.123. The van der Waals surface area contributed by atoms with Gasteiger partial charge in [-0.15, -0.1) is 11.3 Å². The zero-order valence-electron chi connectivity index (χ0n) is 18.1. The van der Waals surface area contributed by atoms with Crippen molar-refractivity contribution in [1.82, 2.24) is 10.2 Å². The van der Waals surface area contributed by atoms with Crippen LogP contribution in [0.5, 0.6) is 11.5 Å². The van der Waals surface area contributed by atoms with Crippen molar-refractivity contribution in [3.8, 4) is 22.6 Å². The van der Waals surface area contributed by atoms with Crippen LogP contribution in [0.25, 0.3) is 11.1 Å². The molecule has 0 aliphatic carbocycles. The Morgan fingerprint density at radius 2 is 1.91 bits per heavy atom. The number of carbonyl (C=O) groups is 3. The van der Waals surface area contributed by atoms with Gasteiger partial charge in [-0.2, -0.15) is 0 Å². The third-order valence-corrected chi connectivity index (χ3v) is 7.28. The van der Waals surface area contributed by atoms with Crippen LogP contribution in [0.4, 0.5) is 5.69 Å². The van der Waals surface area contributed by atoms with Crippen LogP contribution in [0.2, 0.25) is 0 Å². The molecule has 34 heavy (non-hydrogen) atoms.